The second-order valence-electron chi connectivity index (χ2n) is 2.89. The highest BCUT2D eigenvalue weighted by atomic mass is 16.3. The third kappa shape index (κ3) is 2.35. The maximum atomic E-state index is 9.16. The fourth-order valence-corrected chi connectivity index (χ4v) is 0.831. The highest BCUT2D eigenvalue weighted by molar-refractivity contribution is 4.90. The zero-order valence-electron chi connectivity index (χ0n) is 6.82. The van der Waals surface area contributed by atoms with Crippen molar-refractivity contribution < 1.29 is 9.52 Å². The van der Waals surface area contributed by atoms with Crippen molar-refractivity contribution in [2.75, 3.05) is 0 Å². The van der Waals surface area contributed by atoms with E-state index in [0.717, 1.165) is 12.2 Å². The summed E-state index contributed by atoms with van der Waals surface area (Å²) in [5.41, 5.74) is 0. The highest BCUT2D eigenvalue weighted by Crippen LogP contribution is 2.10. The second-order valence-corrected chi connectivity index (χ2v) is 2.89. The predicted molar refractivity (Wildman–Crippen MR) is 41.1 cm³/mol. The molecule has 0 amide bonds. The molecule has 0 aliphatic carbocycles. The molecule has 0 saturated heterocycles. The molecule has 0 spiro atoms. The number of hydrogen-bond acceptors (Lipinski definition) is 3. The van der Waals surface area contributed by atoms with Crippen LogP contribution in [0.5, 0.6) is 0 Å². The summed E-state index contributed by atoms with van der Waals surface area (Å²) in [4.78, 5) is 3.79. The van der Waals surface area contributed by atoms with Gasteiger partial charge >= 0.3 is 0 Å². The van der Waals surface area contributed by atoms with Crippen LogP contribution in [0.3, 0.4) is 0 Å². The molecule has 1 unspecified atom stereocenters. The fourth-order valence-electron chi connectivity index (χ4n) is 0.831. The standard InChI is InChI=1S/C8H13NO2/c1-6(7(2)10)3-8-4-9-5-11-8/h4-7,10H,3H2,1-2H3/t6?,7-/m0/s1. The van der Waals surface area contributed by atoms with Crippen LogP contribution in [-0.4, -0.2) is 16.2 Å². The lowest BCUT2D eigenvalue weighted by molar-refractivity contribution is 0.132. The molecule has 0 fully saturated rings. The van der Waals surface area contributed by atoms with Crippen LogP contribution in [0.1, 0.15) is 19.6 Å². The van der Waals surface area contributed by atoms with Crippen molar-refractivity contribution in [3.8, 4) is 0 Å². The Bertz CT molecular complexity index is 194. The quantitative estimate of drug-likeness (QED) is 0.714. The van der Waals surface area contributed by atoms with Gasteiger partial charge in [-0.1, -0.05) is 6.92 Å². The van der Waals surface area contributed by atoms with E-state index in [1.807, 2.05) is 6.92 Å². The van der Waals surface area contributed by atoms with Gasteiger partial charge in [0.2, 0.25) is 0 Å². The minimum absolute atomic E-state index is 0.225. The van der Waals surface area contributed by atoms with Crippen molar-refractivity contribution in [3.05, 3.63) is 18.4 Å². The van der Waals surface area contributed by atoms with E-state index in [1.54, 1.807) is 13.1 Å². The summed E-state index contributed by atoms with van der Waals surface area (Å²) in [6.07, 6.45) is 3.54. The van der Waals surface area contributed by atoms with Crippen LogP contribution < -0.4 is 0 Å². The number of rotatable bonds is 3. The molecule has 1 aromatic heterocycles. The largest absolute Gasteiger partial charge is 0.449 e. The van der Waals surface area contributed by atoms with Gasteiger partial charge in [-0.3, -0.25) is 0 Å². The van der Waals surface area contributed by atoms with Crippen LogP contribution in [0.4, 0.5) is 0 Å². The lowest BCUT2D eigenvalue weighted by Crippen LogP contribution is -2.15. The normalized spacial score (nSPS) is 16.3. The van der Waals surface area contributed by atoms with E-state index < -0.39 is 0 Å². The van der Waals surface area contributed by atoms with Crippen LogP contribution in [0.25, 0.3) is 0 Å². The number of oxazole rings is 1. The Morgan fingerprint density at radius 1 is 1.64 bits per heavy atom. The highest BCUT2D eigenvalue weighted by Gasteiger charge is 2.10. The molecule has 3 heteroatoms. The van der Waals surface area contributed by atoms with Crippen molar-refractivity contribution in [1.82, 2.24) is 4.98 Å². The first-order valence-electron chi connectivity index (χ1n) is 3.75. The monoisotopic (exact) mass is 155 g/mol. The molecule has 0 radical (unpaired) electrons. The van der Waals surface area contributed by atoms with Gasteiger partial charge in [-0.25, -0.2) is 4.98 Å². The van der Waals surface area contributed by atoms with Crippen molar-refractivity contribution in [2.24, 2.45) is 5.92 Å². The third-order valence-electron chi connectivity index (χ3n) is 1.83. The maximum absolute atomic E-state index is 9.16. The Hall–Kier alpha value is -0.830. The van der Waals surface area contributed by atoms with Gasteiger partial charge in [0.25, 0.3) is 0 Å². The van der Waals surface area contributed by atoms with Crippen molar-refractivity contribution in [1.29, 1.82) is 0 Å². The lowest BCUT2D eigenvalue weighted by Gasteiger charge is -2.11. The second kappa shape index (κ2) is 3.53. The summed E-state index contributed by atoms with van der Waals surface area (Å²) < 4.78 is 5.03. The summed E-state index contributed by atoms with van der Waals surface area (Å²) in [6.45, 7) is 3.76. The minimum atomic E-state index is -0.292. The number of nitrogens with zero attached hydrogens (tertiary/aromatic N) is 1. The van der Waals surface area contributed by atoms with Gasteiger partial charge in [-0.2, -0.15) is 0 Å². The Labute approximate surface area is 66.1 Å². The van der Waals surface area contributed by atoms with Gasteiger partial charge < -0.3 is 9.52 Å². The first-order valence-corrected chi connectivity index (χ1v) is 3.75. The molecule has 0 aliphatic rings. The molecular weight excluding hydrogens is 142 g/mol. The number of aromatic nitrogens is 1. The average Bonchev–Trinajstić information content (AvgIpc) is 2.39. The van der Waals surface area contributed by atoms with Gasteiger partial charge in [0, 0.05) is 6.42 Å². The summed E-state index contributed by atoms with van der Waals surface area (Å²) in [5, 5.41) is 9.16. The summed E-state index contributed by atoms with van der Waals surface area (Å²) in [5.74, 6) is 1.06. The van der Waals surface area contributed by atoms with Crippen molar-refractivity contribution in [2.45, 2.75) is 26.4 Å². The molecule has 0 saturated carbocycles. The van der Waals surface area contributed by atoms with Crippen molar-refractivity contribution >= 4 is 0 Å². The molecule has 3 nitrogen and oxygen atoms in total. The van der Waals surface area contributed by atoms with E-state index in [0.29, 0.717) is 0 Å². The number of hydrogen-bond donors (Lipinski definition) is 1. The Balaban J connectivity index is 2.43. The molecule has 11 heavy (non-hydrogen) atoms. The average molecular weight is 155 g/mol. The van der Waals surface area contributed by atoms with E-state index in [-0.39, 0.29) is 12.0 Å². The van der Waals surface area contributed by atoms with E-state index in [2.05, 4.69) is 4.98 Å². The minimum Gasteiger partial charge on any atom is -0.449 e. The van der Waals surface area contributed by atoms with Crippen molar-refractivity contribution in [3.63, 3.8) is 0 Å². The molecule has 1 heterocycles. The van der Waals surface area contributed by atoms with E-state index in [1.165, 1.54) is 6.39 Å². The Morgan fingerprint density at radius 2 is 2.36 bits per heavy atom. The maximum Gasteiger partial charge on any atom is 0.180 e. The molecule has 62 valence electrons. The van der Waals surface area contributed by atoms with E-state index in [4.69, 9.17) is 9.52 Å². The summed E-state index contributed by atoms with van der Waals surface area (Å²) in [7, 11) is 0. The molecule has 0 aliphatic heterocycles. The van der Waals surface area contributed by atoms with Crippen LogP contribution in [0.2, 0.25) is 0 Å². The van der Waals surface area contributed by atoms with Crippen LogP contribution in [-0.2, 0) is 6.42 Å². The molecule has 0 bridgehead atoms. The Kier molecular flexibility index (Phi) is 2.65. The molecule has 1 aromatic rings. The first kappa shape index (κ1) is 8.27. The Morgan fingerprint density at radius 3 is 2.82 bits per heavy atom. The lowest BCUT2D eigenvalue weighted by atomic mass is 10.0. The van der Waals surface area contributed by atoms with Gasteiger partial charge in [-0.05, 0) is 12.8 Å². The predicted octanol–water partition coefficient (Wildman–Crippen LogP) is 1.23. The number of aliphatic hydroxyl groups excluding tert-OH is 1. The van der Waals surface area contributed by atoms with Crippen LogP contribution >= 0.6 is 0 Å². The molecule has 2 atom stereocenters. The molecule has 1 N–H and O–H groups in total. The molecular formula is C8H13NO2. The van der Waals surface area contributed by atoms with Gasteiger partial charge in [0.05, 0.1) is 12.3 Å². The summed E-state index contributed by atoms with van der Waals surface area (Å²) >= 11 is 0. The molecule has 0 aromatic carbocycles. The first-order chi connectivity index (χ1) is 5.20. The van der Waals surface area contributed by atoms with Crippen LogP contribution in [0.15, 0.2) is 17.0 Å². The molecule has 1 rings (SSSR count). The smallest absolute Gasteiger partial charge is 0.180 e. The topological polar surface area (TPSA) is 46.3 Å². The van der Waals surface area contributed by atoms with Gasteiger partial charge in [0.15, 0.2) is 6.39 Å². The van der Waals surface area contributed by atoms with Gasteiger partial charge in [-0.15, -0.1) is 0 Å². The van der Waals surface area contributed by atoms with Crippen LogP contribution in [0, 0.1) is 5.92 Å². The van der Waals surface area contributed by atoms with Gasteiger partial charge in [0.1, 0.15) is 5.76 Å². The SMILES string of the molecule is CC(Cc1cnco1)[C@H](C)O. The fraction of sp³-hybridized carbons (Fsp3) is 0.625. The summed E-state index contributed by atoms with van der Waals surface area (Å²) in [6, 6.07) is 0. The number of aliphatic hydroxyl groups is 1. The van der Waals surface area contributed by atoms with E-state index >= 15 is 0 Å². The third-order valence-corrected chi connectivity index (χ3v) is 1.83. The zero-order valence-corrected chi connectivity index (χ0v) is 6.82. The zero-order chi connectivity index (χ0) is 8.27. The van der Waals surface area contributed by atoms with E-state index in [9.17, 15) is 0 Å².